The minimum atomic E-state index is 0.569. The van der Waals surface area contributed by atoms with Crippen LogP contribution in [0.4, 0.5) is 5.82 Å². The first-order valence-corrected chi connectivity index (χ1v) is 6.57. The highest BCUT2D eigenvalue weighted by Crippen LogP contribution is 2.29. The van der Waals surface area contributed by atoms with Gasteiger partial charge in [-0.15, -0.1) is 0 Å². The van der Waals surface area contributed by atoms with Gasteiger partial charge in [0.05, 0.1) is 12.8 Å². The second-order valence-corrected chi connectivity index (χ2v) is 4.64. The Balaban J connectivity index is 2.38. The van der Waals surface area contributed by atoms with Gasteiger partial charge < -0.3 is 15.8 Å². The van der Waals surface area contributed by atoms with Crippen LogP contribution in [0.15, 0.2) is 24.5 Å². The number of aryl methyl sites for hydroxylation is 2. The van der Waals surface area contributed by atoms with E-state index in [4.69, 9.17) is 10.5 Å². The van der Waals surface area contributed by atoms with Crippen LogP contribution >= 0.6 is 0 Å². The monoisotopic (exact) mass is 272 g/mol. The van der Waals surface area contributed by atoms with Gasteiger partial charge in [0.25, 0.3) is 0 Å². The van der Waals surface area contributed by atoms with E-state index in [9.17, 15) is 0 Å². The average molecular weight is 272 g/mol. The van der Waals surface area contributed by atoms with Crippen molar-refractivity contribution in [2.75, 3.05) is 25.5 Å². The molecule has 1 aromatic carbocycles. The van der Waals surface area contributed by atoms with E-state index < -0.39 is 0 Å². The Morgan fingerprint density at radius 2 is 1.95 bits per heavy atom. The van der Waals surface area contributed by atoms with E-state index in [1.165, 1.54) is 0 Å². The largest absolute Gasteiger partial charge is 0.496 e. The van der Waals surface area contributed by atoms with Crippen LogP contribution in [0.3, 0.4) is 0 Å². The average Bonchev–Trinajstić information content (AvgIpc) is 2.47. The van der Waals surface area contributed by atoms with E-state index in [-0.39, 0.29) is 0 Å². The molecule has 0 aliphatic rings. The van der Waals surface area contributed by atoms with Crippen LogP contribution in [0.25, 0.3) is 11.3 Å². The molecule has 1 heterocycles. The SMILES string of the molecule is COc1cc(C)c(-c2cc(NCCN)ncn2)cc1C. The lowest BCUT2D eigenvalue weighted by atomic mass is 10.0. The lowest BCUT2D eigenvalue weighted by molar-refractivity contribution is 0.411. The molecule has 0 aliphatic carbocycles. The molecule has 0 atom stereocenters. The highest BCUT2D eigenvalue weighted by molar-refractivity contribution is 5.68. The summed E-state index contributed by atoms with van der Waals surface area (Å²) >= 11 is 0. The molecule has 5 heteroatoms. The first kappa shape index (κ1) is 14.3. The number of methoxy groups -OCH3 is 1. The van der Waals surface area contributed by atoms with Crippen molar-refractivity contribution in [3.8, 4) is 17.0 Å². The van der Waals surface area contributed by atoms with Crippen molar-refractivity contribution >= 4 is 5.82 Å². The Morgan fingerprint density at radius 3 is 2.65 bits per heavy atom. The van der Waals surface area contributed by atoms with E-state index in [0.29, 0.717) is 13.1 Å². The number of rotatable bonds is 5. The number of ether oxygens (including phenoxy) is 1. The van der Waals surface area contributed by atoms with Crippen molar-refractivity contribution in [1.29, 1.82) is 0 Å². The molecule has 1 aromatic heterocycles. The lowest BCUT2D eigenvalue weighted by Gasteiger charge is -2.12. The number of nitrogens with two attached hydrogens (primary N) is 1. The van der Waals surface area contributed by atoms with Gasteiger partial charge in [0.2, 0.25) is 0 Å². The molecule has 3 N–H and O–H groups in total. The van der Waals surface area contributed by atoms with E-state index in [1.807, 2.05) is 26.0 Å². The van der Waals surface area contributed by atoms with Gasteiger partial charge in [0.1, 0.15) is 17.9 Å². The second-order valence-electron chi connectivity index (χ2n) is 4.64. The van der Waals surface area contributed by atoms with Gasteiger partial charge in [-0.3, -0.25) is 0 Å². The number of nitrogens with one attached hydrogen (secondary N) is 1. The van der Waals surface area contributed by atoms with E-state index in [1.54, 1.807) is 13.4 Å². The number of aromatic nitrogens is 2. The molecule has 0 radical (unpaired) electrons. The number of nitrogens with zero attached hydrogens (tertiary/aromatic N) is 2. The first-order valence-electron chi connectivity index (χ1n) is 6.57. The van der Waals surface area contributed by atoms with Gasteiger partial charge in [-0.1, -0.05) is 0 Å². The molecular weight excluding hydrogens is 252 g/mol. The predicted octanol–water partition coefficient (Wildman–Crippen LogP) is 2.14. The molecule has 2 aromatic rings. The molecule has 5 nitrogen and oxygen atoms in total. The normalized spacial score (nSPS) is 10.4. The van der Waals surface area contributed by atoms with Crippen molar-refractivity contribution in [1.82, 2.24) is 9.97 Å². The molecule has 0 saturated heterocycles. The molecule has 0 aliphatic heterocycles. The zero-order valence-electron chi connectivity index (χ0n) is 12.1. The minimum absolute atomic E-state index is 0.569. The predicted molar refractivity (Wildman–Crippen MR) is 81.0 cm³/mol. The van der Waals surface area contributed by atoms with Crippen molar-refractivity contribution in [3.63, 3.8) is 0 Å². The molecule has 2 rings (SSSR count). The molecule has 106 valence electrons. The van der Waals surface area contributed by atoms with Crippen molar-refractivity contribution in [2.45, 2.75) is 13.8 Å². The summed E-state index contributed by atoms with van der Waals surface area (Å²) < 4.78 is 5.33. The molecule has 0 bridgehead atoms. The Kier molecular flexibility index (Phi) is 4.53. The van der Waals surface area contributed by atoms with Crippen LogP contribution in [-0.2, 0) is 0 Å². The van der Waals surface area contributed by atoms with Gasteiger partial charge >= 0.3 is 0 Å². The molecule has 0 fully saturated rings. The summed E-state index contributed by atoms with van der Waals surface area (Å²) in [5, 5.41) is 3.16. The van der Waals surface area contributed by atoms with Crippen LogP contribution in [0.5, 0.6) is 5.75 Å². The first-order chi connectivity index (χ1) is 9.65. The molecule has 0 spiro atoms. The maximum atomic E-state index is 5.48. The van der Waals surface area contributed by atoms with Crippen LogP contribution in [0, 0.1) is 13.8 Å². The van der Waals surface area contributed by atoms with Crippen LogP contribution in [0.1, 0.15) is 11.1 Å². The fourth-order valence-electron chi connectivity index (χ4n) is 2.09. The standard InChI is InChI=1S/C15H20N4O/c1-10-7-14(20-3)11(2)6-12(10)13-8-15(17-5-4-16)19-9-18-13/h6-9H,4-5,16H2,1-3H3,(H,17,18,19). The molecular formula is C15H20N4O. The summed E-state index contributed by atoms with van der Waals surface area (Å²) in [6, 6.07) is 6.05. The third kappa shape index (κ3) is 3.05. The Hall–Kier alpha value is -2.14. The zero-order chi connectivity index (χ0) is 14.5. The summed E-state index contributed by atoms with van der Waals surface area (Å²) in [7, 11) is 1.68. The lowest BCUT2D eigenvalue weighted by Crippen LogP contribution is -2.14. The van der Waals surface area contributed by atoms with E-state index in [2.05, 4.69) is 21.4 Å². The van der Waals surface area contributed by atoms with E-state index >= 15 is 0 Å². The highest BCUT2D eigenvalue weighted by Gasteiger charge is 2.09. The minimum Gasteiger partial charge on any atom is -0.496 e. The quantitative estimate of drug-likeness (QED) is 0.872. The fraction of sp³-hybridized carbons (Fsp3) is 0.333. The number of hydrogen-bond acceptors (Lipinski definition) is 5. The Labute approximate surface area is 119 Å². The molecule has 0 saturated carbocycles. The number of anilines is 1. The van der Waals surface area contributed by atoms with Gasteiger partial charge in [-0.25, -0.2) is 9.97 Å². The van der Waals surface area contributed by atoms with Gasteiger partial charge in [-0.05, 0) is 37.1 Å². The third-order valence-electron chi connectivity index (χ3n) is 3.14. The van der Waals surface area contributed by atoms with Gasteiger partial charge in [0.15, 0.2) is 0 Å². The van der Waals surface area contributed by atoms with Crippen molar-refractivity contribution < 1.29 is 4.74 Å². The number of hydrogen-bond donors (Lipinski definition) is 2. The summed E-state index contributed by atoms with van der Waals surface area (Å²) in [5.74, 6) is 1.68. The van der Waals surface area contributed by atoms with Crippen LogP contribution in [-0.4, -0.2) is 30.2 Å². The summed E-state index contributed by atoms with van der Waals surface area (Å²) in [5.41, 5.74) is 9.67. The molecule has 0 unspecified atom stereocenters. The highest BCUT2D eigenvalue weighted by atomic mass is 16.5. The van der Waals surface area contributed by atoms with Gasteiger partial charge in [-0.2, -0.15) is 0 Å². The maximum Gasteiger partial charge on any atom is 0.129 e. The second kappa shape index (κ2) is 6.34. The maximum absolute atomic E-state index is 5.48. The van der Waals surface area contributed by atoms with Crippen LogP contribution in [0.2, 0.25) is 0 Å². The van der Waals surface area contributed by atoms with Gasteiger partial charge in [0, 0.05) is 24.7 Å². The smallest absolute Gasteiger partial charge is 0.129 e. The molecule has 20 heavy (non-hydrogen) atoms. The van der Waals surface area contributed by atoms with Crippen LogP contribution < -0.4 is 15.8 Å². The zero-order valence-corrected chi connectivity index (χ0v) is 12.1. The summed E-state index contributed by atoms with van der Waals surface area (Å²) in [4.78, 5) is 8.54. The topological polar surface area (TPSA) is 73.1 Å². The third-order valence-corrected chi connectivity index (χ3v) is 3.14. The van der Waals surface area contributed by atoms with Crippen molar-refractivity contribution in [3.05, 3.63) is 35.7 Å². The van der Waals surface area contributed by atoms with Crippen molar-refractivity contribution in [2.24, 2.45) is 5.73 Å². The summed E-state index contributed by atoms with van der Waals surface area (Å²) in [6.45, 7) is 5.33. The molecule has 0 amide bonds. The summed E-state index contributed by atoms with van der Waals surface area (Å²) in [6.07, 6.45) is 1.56. The number of benzene rings is 1. The fourth-order valence-corrected chi connectivity index (χ4v) is 2.09. The Bertz CT molecular complexity index is 598. The Morgan fingerprint density at radius 1 is 1.15 bits per heavy atom. The van der Waals surface area contributed by atoms with E-state index in [0.717, 1.165) is 34.0 Å².